The molecule has 0 bridgehead atoms. The van der Waals surface area contributed by atoms with E-state index in [1.165, 1.54) is 6.08 Å². The first-order valence-corrected chi connectivity index (χ1v) is 6.25. The van der Waals surface area contributed by atoms with Crippen molar-refractivity contribution >= 4 is 23.6 Å². The molecule has 0 unspecified atom stereocenters. The van der Waals surface area contributed by atoms with Gasteiger partial charge in [0.2, 0.25) is 0 Å². The number of aryl methyl sites for hydroxylation is 1. The standard InChI is InChI=1S/C14H13ClN2O3/c1-17-8-7-11(16-17)9-20-14-10(5-6-13(18)19)3-2-4-12(14)15/h2-8H,9H2,1H3,(H,18,19)/b6-5+. The smallest absolute Gasteiger partial charge is 0.328 e. The predicted molar refractivity (Wildman–Crippen MR) is 75.7 cm³/mol. The van der Waals surface area contributed by atoms with Crippen molar-refractivity contribution in [2.45, 2.75) is 6.61 Å². The highest BCUT2D eigenvalue weighted by atomic mass is 35.5. The molecular weight excluding hydrogens is 280 g/mol. The zero-order chi connectivity index (χ0) is 14.5. The average Bonchev–Trinajstić information content (AvgIpc) is 2.81. The molecule has 0 radical (unpaired) electrons. The topological polar surface area (TPSA) is 64.3 Å². The number of hydrogen-bond acceptors (Lipinski definition) is 3. The zero-order valence-corrected chi connectivity index (χ0v) is 11.5. The maximum Gasteiger partial charge on any atom is 0.328 e. The van der Waals surface area contributed by atoms with Crippen LogP contribution in [0.2, 0.25) is 5.02 Å². The van der Waals surface area contributed by atoms with Gasteiger partial charge in [0, 0.05) is 24.9 Å². The predicted octanol–water partition coefficient (Wildman–Crippen LogP) is 2.75. The molecule has 0 aliphatic carbocycles. The molecule has 6 heteroatoms. The van der Waals surface area contributed by atoms with E-state index >= 15 is 0 Å². The van der Waals surface area contributed by atoms with Gasteiger partial charge >= 0.3 is 5.97 Å². The third-order valence-electron chi connectivity index (χ3n) is 2.54. The van der Waals surface area contributed by atoms with Crippen molar-refractivity contribution < 1.29 is 14.6 Å². The van der Waals surface area contributed by atoms with Crippen molar-refractivity contribution in [1.82, 2.24) is 9.78 Å². The fraction of sp³-hybridized carbons (Fsp3) is 0.143. The van der Waals surface area contributed by atoms with E-state index in [9.17, 15) is 4.79 Å². The zero-order valence-electron chi connectivity index (χ0n) is 10.8. The lowest BCUT2D eigenvalue weighted by Gasteiger charge is -2.09. The molecule has 0 amide bonds. The summed E-state index contributed by atoms with van der Waals surface area (Å²) in [6, 6.07) is 6.99. The molecule has 0 saturated carbocycles. The number of carboxylic acid groups (broad SMARTS) is 1. The highest BCUT2D eigenvalue weighted by Gasteiger charge is 2.08. The van der Waals surface area contributed by atoms with Crippen LogP contribution in [0.4, 0.5) is 0 Å². The molecule has 1 N–H and O–H groups in total. The summed E-state index contributed by atoms with van der Waals surface area (Å²) in [6.07, 6.45) is 4.30. The minimum atomic E-state index is -1.03. The second kappa shape index (κ2) is 6.25. The molecule has 0 aliphatic rings. The van der Waals surface area contributed by atoms with E-state index in [0.29, 0.717) is 16.3 Å². The van der Waals surface area contributed by atoms with Crippen LogP contribution >= 0.6 is 11.6 Å². The van der Waals surface area contributed by atoms with Crippen molar-refractivity contribution in [3.63, 3.8) is 0 Å². The molecule has 20 heavy (non-hydrogen) atoms. The Morgan fingerprint density at radius 2 is 2.30 bits per heavy atom. The summed E-state index contributed by atoms with van der Waals surface area (Å²) in [5, 5.41) is 13.3. The summed E-state index contributed by atoms with van der Waals surface area (Å²) >= 11 is 6.08. The Hall–Kier alpha value is -2.27. The third-order valence-corrected chi connectivity index (χ3v) is 2.83. The lowest BCUT2D eigenvalue weighted by Crippen LogP contribution is -2.00. The lowest BCUT2D eigenvalue weighted by molar-refractivity contribution is -0.131. The summed E-state index contributed by atoms with van der Waals surface area (Å²) in [7, 11) is 1.82. The van der Waals surface area contributed by atoms with Crippen LogP contribution in [0.25, 0.3) is 6.08 Å². The van der Waals surface area contributed by atoms with Crippen LogP contribution in [-0.4, -0.2) is 20.9 Å². The number of aliphatic carboxylic acids is 1. The Labute approximate surface area is 121 Å². The molecule has 1 aromatic carbocycles. The average molecular weight is 293 g/mol. The van der Waals surface area contributed by atoms with Gasteiger partial charge in [-0.1, -0.05) is 23.7 Å². The van der Waals surface area contributed by atoms with E-state index in [0.717, 1.165) is 11.8 Å². The Morgan fingerprint density at radius 1 is 1.50 bits per heavy atom. The maximum absolute atomic E-state index is 10.6. The van der Waals surface area contributed by atoms with Gasteiger partial charge in [0.25, 0.3) is 0 Å². The monoisotopic (exact) mass is 292 g/mol. The largest absolute Gasteiger partial charge is 0.485 e. The normalized spacial score (nSPS) is 10.9. The molecule has 2 aromatic rings. The van der Waals surface area contributed by atoms with Crippen molar-refractivity contribution in [2.24, 2.45) is 7.05 Å². The van der Waals surface area contributed by atoms with Gasteiger partial charge in [0.15, 0.2) is 0 Å². The van der Waals surface area contributed by atoms with Crippen LogP contribution in [0.5, 0.6) is 5.75 Å². The highest BCUT2D eigenvalue weighted by molar-refractivity contribution is 6.32. The maximum atomic E-state index is 10.6. The van der Waals surface area contributed by atoms with E-state index < -0.39 is 5.97 Å². The first-order valence-electron chi connectivity index (χ1n) is 5.87. The van der Waals surface area contributed by atoms with Crippen LogP contribution in [-0.2, 0) is 18.4 Å². The van der Waals surface area contributed by atoms with Gasteiger partial charge in [0.1, 0.15) is 12.4 Å². The van der Waals surface area contributed by atoms with Crippen molar-refractivity contribution in [1.29, 1.82) is 0 Å². The van der Waals surface area contributed by atoms with E-state index in [2.05, 4.69) is 5.10 Å². The molecule has 2 rings (SSSR count). The SMILES string of the molecule is Cn1ccc(COc2c(Cl)cccc2/C=C/C(=O)O)n1. The minimum Gasteiger partial charge on any atom is -0.485 e. The number of halogens is 1. The molecule has 0 aliphatic heterocycles. The van der Waals surface area contributed by atoms with E-state index in [1.54, 1.807) is 22.9 Å². The Morgan fingerprint density at radius 3 is 2.95 bits per heavy atom. The van der Waals surface area contributed by atoms with Gasteiger partial charge in [-0.15, -0.1) is 0 Å². The van der Waals surface area contributed by atoms with Gasteiger partial charge in [0.05, 0.1) is 10.7 Å². The number of rotatable bonds is 5. The lowest BCUT2D eigenvalue weighted by atomic mass is 10.2. The summed E-state index contributed by atoms with van der Waals surface area (Å²) < 4.78 is 7.32. The molecule has 0 atom stereocenters. The first kappa shape index (κ1) is 14.1. The number of para-hydroxylation sites is 1. The molecule has 5 nitrogen and oxygen atoms in total. The van der Waals surface area contributed by atoms with Gasteiger partial charge < -0.3 is 9.84 Å². The Bertz CT molecular complexity index is 650. The summed E-state index contributed by atoms with van der Waals surface area (Å²) in [5.74, 6) is -0.585. The van der Waals surface area contributed by atoms with Gasteiger partial charge in [-0.25, -0.2) is 4.79 Å². The number of nitrogens with zero attached hydrogens (tertiary/aromatic N) is 2. The number of ether oxygens (including phenoxy) is 1. The Balaban J connectivity index is 2.19. The van der Waals surface area contributed by atoms with E-state index in [1.807, 2.05) is 19.3 Å². The quantitative estimate of drug-likeness (QED) is 0.861. The molecule has 1 aromatic heterocycles. The van der Waals surface area contributed by atoms with Gasteiger partial charge in [-0.2, -0.15) is 5.10 Å². The third kappa shape index (κ3) is 3.61. The number of carboxylic acids is 1. The fourth-order valence-corrected chi connectivity index (χ4v) is 1.89. The van der Waals surface area contributed by atoms with Crippen LogP contribution in [0.1, 0.15) is 11.3 Å². The minimum absolute atomic E-state index is 0.262. The number of aromatic nitrogens is 2. The van der Waals surface area contributed by atoms with Crippen LogP contribution < -0.4 is 4.74 Å². The molecule has 104 valence electrons. The summed E-state index contributed by atoms with van der Waals surface area (Å²) in [6.45, 7) is 0.262. The molecule has 0 spiro atoms. The molecular formula is C14H13ClN2O3. The van der Waals surface area contributed by atoms with E-state index in [4.69, 9.17) is 21.4 Å². The van der Waals surface area contributed by atoms with Crippen molar-refractivity contribution in [3.05, 3.63) is 52.8 Å². The number of hydrogen-bond donors (Lipinski definition) is 1. The molecule has 1 heterocycles. The second-order valence-corrected chi connectivity index (χ2v) is 4.51. The second-order valence-electron chi connectivity index (χ2n) is 4.10. The highest BCUT2D eigenvalue weighted by Crippen LogP contribution is 2.30. The van der Waals surface area contributed by atoms with Crippen LogP contribution in [0.3, 0.4) is 0 Å². The number of benzene rings is 1. The van der Waals surface area contributed by atoms with Crippen LogP contribution in [0.15, 0.2) is 36.5 Å². The number of carbonyl (C=O) groups is 1. The Kier molecular flexibility index (Phi) is 4.42. The molecule has 0 fully saturated rings. The van der Waals surface area contributed by atoms with E-state index in [-0.39, 0.29) is 6.61 Å². The summed E-state index contributed by atoms with van der Waals surface area (Å²) in [5.41, 5.74) is 1.37. The van der Waals surface area contributed by atoms with Crippen LogP contribution in [0, 0.1) is 0 Å². The van der Waals surface area contributed by atoms with Crippen molar-refractivity contribution in [2.75, 3.05) is 0 Å². The van der Waals surface area contributed by atoms with Gasteiger partial charge in [-0.05, 0) is 18.2 Å². The molecule has 0 saturated heterocycles. The summed E-state index contributed by atoms with van der Waals surface area (Å²) in [4.78, 5) is 10.6. The first-order chi connectivity index (χ1) is 9.56. The van der Waals surface area contributed by atoms with Gasteiger partial charge in [-0.3, -0.25) is 4.68 Å². The van der Waals surface area contributed by atoms with Crippen molar-refractivity contribution in [3.8, 4) is 5.75 Å². The fourth-order valence-electron chi connectivity index (χ4n) is 1.66.